The third-order valence-corrected chi connectivity index (χ3v) is 15.1. The minimum absolute atomic E-state index is 0.0713. The molecule has 0 spiro atoms. The first-order valence-electron chi connectivity index (χ1n) is 18.3. The molecule has 13 atom stereocenters. The first-order chi connectivity index (χ1) is 24.2. The topological polar surface area (TPSA) is 246 Å². The van der Waals surface area contributed by atoms with Gasteiger partial charge in [0.1, 0.15) is 45.8 Å². The number of urea groups is 1. The van der Waals surface area contributed by atoms with Crippen LogP contribution in [-0.2, 0) is 28.5 Å². The summed E-state index contributed by atoms with van der Waals surface area (Å²) in [7, 11) is 0. The molecule has 4 saturated heterocycles. The highest BCUT2D eigenvalue weighted by atomic mass is 32.2. The number of rotatable bonds is 14. The van der Waals surface area contributed by atoms with Gasteiger partial charge in [-0.15, -0.1) is 0 Å². The lowest BCUT2D eigenvalue weighted by Crippen LogP contribution is -2.85. The number of thioether (sulfide) groups is 1. The van der Waals surface area contributed by atoms with Crippen molar-refractivity contribution in [2.24, 2.45) is 5.41 Å². The number of amides is 3. The maximum atomic E-state index is 13.1. The fourth-order valence-corrected chi connectivity index (χ4v) is 10.5. The van der Waals surface area contributed by atoms with E-state index in [-0.39, 0.29) is 43.0 Å². The molecule has 0 aliphatic carbocycles. The van der Waals surface area contributed by atoms with E-state index in [1.165, 1.54) is 48.5 Å². The predicted octanol–water partition coefficient (Wildman–Crippen LogP) is -0.133. The van der Waals surface area contributed by atoms with Gasteiger partial charge in [-0.05, 0) is 68.2 Å². The molecule has 0 aromatic rings. The van der Waals surface area contributed by atoms with Crippen molar-refractivity contribution in [1.29, 1.82) is 0 Å². The van der Waals surface area contributed by atoms with Crippen molar-refractivity contribution in [3.05, 3.63) is 0 Å². The van der Waals surface area contributed by atoms with Crippen LogP contribution in [0.5, 0.6) is 0 Å². The second-order valence-corrected chi connectivity index (χ2v) is 18.7. The van der Waals surface area contributed by atoms with Crippen LogP contribution in [0.15, 0.2) is 0 Å². The van der Waals surface area contributed by atoms with Gasteiger partial charge in [0.25, 0.3) is 0 Å². The molecule has 4 rings (SSSR count). The molecule has 4 aliphatic rings. The van der Waals surface area contributed by atoms with Gasteiger partial charge >= 0.3 is 12.0 Å². The molecule has 53 heavy (non-hydrogen) atoms. The fourth-order valence-electron chi connectivity index (χ4n) is 8.93. The van der Waals surface area contributed by atoms with Gasteiger partial charge in [-0.1, -0.05) is 13.3 Å². The van der Waals surface area contributed by atoms with Gasteiger partial charge in [0.2, 0.25) is 5.91 Å². The molecule has 3 amide bonds. The molecule has 0 aromatic heterocycles. The van der Waals surface area contributed by atoms with E-state index in [4.69, 9.17) is 18.9 Å². The van der Waals surface area contributed by atoms with E-state index >= 15 is 0 Å². The van der Waals surface area contributed by atoms with Gasteiger partial charge in [0.05, 0.1) is 50.2 Å². The van der Waals surface area contributed by atoms with Crippen molar-refractivity contribution in [2.75, 3.05) is 38.8 Å². The molecule has 0 aromatic carbocycles. The monoisotopic (exact) mass is 777 g/mol. The van der Waals surface area contributed by atoms with Crippen LogP contribution in [0.3, 0.4) is 0 Å². The largest absolute Gasteiger partial charge is 0.463 e. The fraction of sp³-hybridized carbons (Fsp3) is 0.917. The highest BCUT2D eigenvalue weighted by Gasteiger charge is 2.74. The standard InChI is InChI=1S/C36H63N3O13S/c1-21(42)39-33(7)28(2,18-49-19-32(6)35(9,47)36(10,48)34(8,46)30(4,17-41)52-32)26(44)29(3,16-40)51-31(33,5)20-50-24(43)14-12-11-13-23-25-22(15-53-23)37-27(45)38-25/h22-23,25-26,40-41,44,46-48H,11-20H2,1-10H3,(H,39,42)(H2,37,38,45)/t22-,23?,25-,26-,28+,29?,30?,31-,32-,33?,34-,35?,36+/m0/s1. The number of carbonyl (C=O) groups excluding carboxylic acids is 3. The Hall–Kier alpha value is -1.80. The number of hydrogen-bond donors (Lipinski definition) is 9. The molecule has 4 aliphatic heterocycles. The van der Waals surface area contributed by atoms with Crippen LogP contribution in [-0.4, -0.2) is 156 Å². The number of ether oxygens (including phenoxy) is 4. The summed E-state index contributed by atoms with van der Waals surface area (Å²) in [5.74, 6) is -0.139. The summed E-state index contributed by atoms with van der Waals surface area (Å²) >= 11 is 1.80. The molecule has 4 fully saturated rings. The van der Waals surface area contributed by atoms with Gasteiger partial charge in [0.15, 0.2) is 0 Å². The van der Waals surface area contributed by atoms with E-state index in [1.807, 2.05) is 0 Å². The molecule has 5 unspecified atom stereocenters. The number of carbonyl (C=O) groups is 3. The molecular formula is C36H63N3O13S. The van der Waals surface area contributed by atoms with Crippen LogP contribution in [0, 0.1) is 5.41 Å². The number of unbranched alkanes of at least 4 members (excludes halogenated alkanes) is 1. The molecule has 0 bridgehead atoms. The average Bonchev–Trinajstić information content (AvgIpc) is 3.62. The number of aliphatic hydroxyl groups excluding tert-OH is 3. The SMILES string of the molecule is CC(=O)NC1(C)[C@](C)(COC(=O)CCCCC2SC[C@@H]3NC(=O)N[C@H]23)OC(C)(CO)[C@@H](O)[C@@]1(C)COC[C@]1(C)OC(C)(CO)[C@](C)(O)[C@@](C)(O)C1(C)O. The number of nitrogens with one attached hydrogen (secondary N) is 3. The zero-order valence-electron chi connectivity index (χ0n) is 32.8. The van der Waals surface area contributed by atoms with Crippen LogP contribution >= 0.6 is 11.8 Å². The van der Waals surface area contributed by atoms with E-state index in [1.54, 1.807) is 32.5 Å². The van der Waals surface area contributed by atoms with Crippen molar-refractivity contribution in [3.8, 4) is 0 Å². The molecule has 9 N–H and O–H groups in total. The first kappa shape index (κ1) is 43.9. The van der Waals surface area contributed by atoms with Crippen LogP contribution < -0.4 is 16.0 Å². The zero-order chi connectivity index (χ0) is 40.3. The van der Waals surface area contributed by atoms with E-state index < -0.39 is 88.0 Å². The smallest absolute Gasteiger partial charge is 0.315 e. The lowest BCUT2D eigenvalue weighted by atomic mass is 9.55. The number of esters is 1. The molecule has 4 heterocycles. The summed E-state index contributed by atoms with van der Waals surface area (Å²) in [5.41, 5.74) is -16.2. The summed E-state index contributed by atoms with van der Waals surface area (Å²) in [6.45, 7) is 11.9. The van der Waals surface area contributed by atoms with E-state index in [0.29, 0.717) is 6.42 Å². The van der Waals surface area contributed by atoms with Crippen LogP contribution in [0.25, 0.3) is 0 Å². The van der Waals surface area contributed by atoms with Crippen LogP contribution in [0.2, 0.25) is 0 Å². The average molecular weight is 778 g/mol. The summed E-state index contributed by atoms with van der Waals surface area (Å²) < 4.78 is 24.7. The molecule has 0 radical (unpaired) electrons. The number of fused-ring (bicyclic) bond motifs is 1. The van der Waals surface area contributed by atoms with Gasteiger partial charge in [-0.3, -0.25) is 9.59 Å². The van der Waals surface area contributed by atoms with Crippen molar-refractivity contribution in [1.82, 2.24) is 16.0 Å². The third kappa shape index (κ3) is 6.99. The van der Waals surface area contributed by atoms with Gasteiger partial charge in [-0.2, -0.15) is 11.8 Å². The first-order valence-corrected chi connectivity index (χ1v) is 19.4. The van der Waals surface area contributed by atoms with Crippen molar-refractivity contribution in [3.63, 3.8) is 0 Å². The lowest BCUT2D eigenvalue weighted by Gasteiger charge is -2.66. The number of hydrogen-bond acceptors (Lipinski definition) is 14. The Morgan fingerprint density at radius 3 is 2.06 bits per heavy atom. The molecular weight excluding hydrogens is 714 g/mol. The molecule has 306 valence electrons. The Morgan fingerprint density at radius 2 is 1.47 bits per heavy atom. The number of aliphatic hydroxyl groups is 6. The predicted molar refractivity (Wildman–Crippen MR) is 194 cm³/mol. The maximum absolute atomic E-state index is 13.1. The second kappa shape index (κ2) is 14.6. The summed E-state index contributed by atoms with van der Waals surface area (Å²) in [5, 5.41) is 76.5. The molecule has 16 nitrogen and oxygen atoms in total. The Morgan fingerprint density at radius 1 is 0.849 bits per heavy atom. The van der Waals surface area contributed by atoms with Gasteiger partial charge < -0.3 is 65.5 Å². The highest BCUT2D eigenvalue weighted by Crippen LogP contribution is 2.56. The normalized spacial score (nSPS) is 48.1. The van der Waals surface area contributed by atoms with Gasteiger partial charge in [-0.25, -0.2) is 4.79 Å². The van der Waals surface area contributed by atoms with Crippen molar-refractivity contribution < 1.29 is 64.0 Å². The third-order valence-electron chi connectivity index (χ3n) is 13.6. The zero-order valence-corrected chi connectivity index (χ0v) is 33.6. The Balaban J connectivity index is 1.52. The lowest BCUT2D eigenvalue weighted by molar-refractivity contribution is -0.408. The molecule has 0 saturated carbocycles. The molecule has 17 heteroatoms. The van der Waals surface area contributed by atoms with Gasteiger partial charge in [0, 0.05) is 29.8 Å². The Labute approximate surface area is 316 Å². The summed E-state index contributed by atoms with van der Waals surface area (Å²) in [6, 6.07) is 0.0362. The minimum atomic E-state index is -2.22. The Bertz CT molecular complexity index is 1400. The minimum Gasteiger partial charge on any atom is -0.463 e. The van der Waals surface area contributed by atoms with Crippen LogP contribution in [0.1, 0.15) is 94.9 Å². The second-order valence-electron chi connectivity index (χ2n) is 17.4. The Kier molecular flexibility index (Phi) is 12.1. The van der Waals surface area contributed by atoms with E-state index in [2.05, 4.69) is 16.0 Å². The van der Waals surface area contributed by atoms with Crippen molar-refractivity contribution >= 4 is 29.7 Å². The van der Waals surface area contributed by atoms with Crippen molar-refractivity contribution in [2.45, 2.75) is 163 Å². The van der Waals surface area contributed by atoms with E-state index in [0.717, 1.165) is 18.6 Å². The highest BCUT2D eigenvalue weighted by molar-refractivity contribution is 8.00. The van der Waals surface area contributed by atoms with E-state index in [9.17, 15) is 45.0 Å². The summed E-state index contributed by atoms with van der Waals surface area (Å²) in [6.07, 6.45) is 0.749. The summed E-state index contributed by atoms with van der Waals surface area (Å²) in [4.78, 5) is 37.6. The quantitative estimate of drug-likeness (QED) is 0.0634. The maximum Gasteiger partial charge on any atom is 0.315 e. The van der Waals surface area contributed by atoms with Crippen LogP contribution in [0.4, 0.5) is 4.79 Å².